The zero-order valence-electron chi connectivity index (χ0n) is 24.9. The van der Waals surface area contributed by atoms with Crippen molar-refractivity contribution in [3.63, 3.8) is 0 Å². The Morgan fingerprint density at radius 3 is 2.37 bits per heavy atom. The highest BCUT2D eigenvalue weighted by Gasteiger charge is 2.50. The van der Waals surface area contributed by atoms with Gasteiger partial charge in [-0.3, -0.25) is 24.1 Å². The van der Waals surface area contributed by atoms with E-state index in [1.54, 1.807) is 37.8 Å². The average molecular weight is 613 g/mol. The molecule has 2 aromatic rings. The van der Waals surface area contributed by atoms with Gasteiger partial charge in [0.2, 0.25) is 17.7 Å². The molecular weight excluding hydrogens is 572 g/mol. The number of nitrogens with zero attached hydrogens (tertiary/aromatic N) is 2. The number of hydrogen-bond acceptors (Lipinski definition) is 6. The van der Waals surface area contributed by atoms with E-state index in [0.717, 1.165) is 11.1 Å². The van der Waals surface area contributed by atoms with Gasteiger partial charge in [-0.25, -0.2) is 0 Å². The average Bonchev–Trinajstić information content (AvgIpc) is 3.28. The van der Waals surface area contributed by atoms with Gasteiger partial charge in [0.1, 0.15) is 11.8 Å². The summed E-state index contributed by atoms with van der Waals surface area (Å²) in [6.07, 6.45) is 1.57. The highest BCUT2D eigenvalue weighted by Crippen LogP contribution is 2.32. The molecule has 0 aliphatic carbocycles. The molecule has 0 aromatic heterocycles. The second kappa shape index (κ2) is 13.4. The lowest BCUT2D eigenvalue weighted by molar-refractivity contribution is -0.151. The molecule has 10 nitrogen and oxygen atoms in total. The van der Waals surface area contributed by atoms with Crippen LogP contribution in [-0.4, -0.2) is 81.6 Å². The maximum Gasteiger partial charge on any atom is 0.304 e. The minimum atomic E-state index is -1.05. The van der Waals surface area contributed by atoms with E-state index < -0.39 is 47.0 Å². The van der Waals surface area contributed by atoms with Crippen LogP contribution in [0.3, 0.4) is 0 Å². The van der Waals surface area contributed by atoms with Crippen LogP contribution in [0, 0.1) is 5.92 Å². The van der Waals surface area contributed by atoms with Crippen molar-refractivity contribution in [1.29, 1.82) is 0 Å². The summed E-state index contributed by atoms with van der Waals surface area (Å²) in [7, 11) is 0. The number of aliphatic carboxylic acids is 1. The molecule has 2 saturated heterocycles. The Labute approximate surface area is 257 Å². The third-order valence-electron chi connectivity index (χ3n) is 8.24. The second-order valence-electron chi connectivity index (χ2n) is 12.2. The minimum Gasteiger partial charge on any atom is -0.481 e. The molecule has 2 fully saturated rings. The Hall–Kier alpha value is -3.47. The first-order valence-corrected chi connectivity index (χ1v) is 15.0. The molecule has 0 spiro atoms. The lowest BCUT2D eigenvalue weighted by Gasteiger charge is -2.45. The SMILES string of the molecule is CC(N)C(=O)N1[C@H](C(=O)N[C@@]2(Cc3ccc(Cl)cc3)CCCN(C(=O)C(CC(=O)O)Cc3ccccc3)C2)COC1(C)C. The van der Waals surface area contributed by atoms with E-state index in [2.05, 4.69) is 5.32 Å². The first-order valence-electron chi connectivity index (χ1n) is 14.6. The van der Waals surface area contributed by atoms with Crippen molar-refractivity contribution >= 4 is 35.3 Å². The third-order valence-corrected chi connectivity index (χ3v) is 8.50. The molecular formula is C32H41ClN4O6. The summed E-state index contributed by atoms with van der Waals surface area (Å²) in [6, 6.07) is 14.9. The molecule has 0 bridgehead atoms. The van der Waals surface area contributed by atoms with Gasteiger partial charge >= 0.3 is 5.97 Å². The van der Waals surface area contributed by atoms with Crippen LogP contribution in [0.25, 0.3) is 0 Å². The summed E-state index contributed by atoms with van der Waals surface area (Å²) >= 11 is 6.13. The molecule has 43 heavy (non-hydrogen) atoms. The molecule has 4 atom stereocenters. The van der Waals surface area contributed by atoms with Gasteiger partial charge in [-0.05, 0) is 69.7 Å². The molecule has 2 aliphatic rings. The Morgan fingerprint density at radius 2 is 1.74 bits per heavy atom. The number of benzene rings is 2. The first kappa shape index (κ1) is 32.4. The molecule has 3 amide bonds. The molecule has 0 radical (unpaired) electrons. The van der Waals surface area contributed by atoms with Gasteiger partial charge in [0.15, 0.2) is 0 Å². The van der Waals surface area contributed by atoms with E-state index in [-0.39, 0.29) is 25.5 Å². The molecule has 2 aliphatic heterocycles. The fraction of sp³-hybridized carbons (Fsp3) is 0.500. The number of carbonyl (C=O) groups is 4. The van der Waals surface area contributed by atoms with E-state index in [1.165, 1.54) is 4.90 Å². The lowest BCUT2D eigenvalue weighted by atomic mass is 9.81. The largest absolute Gasteiger partial charge is 0.481 e. The molecule has 2 aromatic carbocycles. The van der Waals surface area contributed by atoms with Crippen molar-refractivity contribution in [2.75, 3.05) is 19.7 Å². The van der Waals surface area contributed by atoms with Crippen LogP contribution in [0.2, 0.25) is 5.02 Å². The van der Waals surface area contributed by atoms with Crippen LogP contribution in [-0.2, 0) is 36.8 Å². The topological polar surface area (TPSA) is 142 Å². The van der Waals surface area contributed by atoms with Crippen molar-refractivity contribution in [3.8, 4) is 0 Å². The summed E-state index contributed by atoms with van der Waals surface area (Å²) in [6.45, 7) is 5.65. The van der Waals surface area contributed by atoms with Gasteiger partial charge in [-0.2, -0.15) is 0 Å². The zero-order chi connectivity index (χ0) is 31.4. The van der Waals surface area contributed by atoms with Crippen LogP contribution in [0.1, 0.15) is 51.2 Å². The van der Waals surface area contributed by atoms with E-state index in [1.807, 2.05) is 42.5 Å². The Morgan fingerprint density at radius 1 is 1.07 bits per heavy atom. The van der Waals surface area contributed by atoms with Gasteiger partial charge in [-0.1, -0.05) is 54.1 Å². The lowest BCUT2D eigenvalue weighted by Crippen LogP contribution is -2.65. The van der Waals surface area contributed by atoms with Crippen molar-refractivity contribution in [2.24, 2.45) is 11.7 Å². The fourth-order valence-corrected chi connectivity index (χ4v) is 6.32. The monoisotopic (exact) mass is 612 g/mol. The Kier molecular flexibility index (Phi) is 10.1. The molecule has 2 unspecified atom stereocenters. The van der Waals surface area contributed by atoms with Crippen molar-refractivity contribution in [2.45, 2.75) is 76.2 Å². The number of rotatable bonds is 10. The number of carboxylic acid groups (broad SMARTS) is 1. The number of hydrogen-bond donors (Lipinski definition) is 3. The summed E-state index contributed by atoms with van der Waals surface area (Å²) < 4.78 is 5.85. The van der Waals surface area contributed by atoms with Gasteiger partial charge in [0.25, 0.3) is 0 Å². The fourth-order valence-electron chi connectivity index (χ4n) is 6.20. The maximum atomic E-state index is 14.0. The number of nitrogens with one attached hydrogen (secondary N) is 1. The van der Waals surface area contributed by atoms with Gasteiger partial charge in [0.05, 0.1) is 30.5 Å². The third kappa shape index (κ3) is 7.93. The summed E-state index contributed by atoms with van der Waals surface area (Å²) in [5.41, 5.74) is 5.81. The number of nitrogens with two attached hydrogens (primary N) is 1. The van der Waals surface area contributed by atoms with Crippen LogP contribution in [0.5, 0.6) is 0 Å². The van der Waals surface area contributed by atoms with E-state index in [9.17, 15) is 24.3 Å². The smallest absolute Gasteiger partial charge is 0.304 e. The van der Waals surface area contributed by atoms with Crippen molar-refractivity contribution in [1.82, 2.24) is 15.1 Å². The summed E-state index contributed by atoms with van der Waals surface area (Å²) in [5, 5.41) is 13.4. The molecule has 2 heterocycles. The zero-order valence-corrected chi connectivity index (χ0v) is 25.7. The van der Waals surface area contributed by atoms with Gasteiger partial charge in [-0.15, -0.1) is 0 Å². The van der Waals surface area contributed by atoms with Crippen molar-refractivity contribution in [3.05, 3.63) is 70.7 Å². The summed E-state index contributed by atoms with van der Waals surface area (Å²) in [5.74, 6) is -2.86. The normalized spacial score (nSPS) is 23.0. The number of ether oxygens (including phenoxy) is 1. The predicted octanol–water partition coefficient (Wildman–Crippen LogP) is 3.00. The van der Waals surface area contributed by atoms with Crippen molar-refractivity contribution < 1.29 is 29.0 Å². The van der Waals surface area contributed by atoms with Crippen LogP contribution in [0.15, 0.2) is 54.6 Å². The molecule has 232 valence electrons. The highest BCUT2D eigenvalue weighted by molar-refractivity contribution is 6.30. The number of carbonyl (C=O) groups excluding carboxylic acids is 3. The quantitative estimate of drug-likeness (QED) is 0.374. The Bertz CT molecular complexity index is 1320. The number of carboxylic acids is 1. The van der Waals surface area contributed by atoms with E-state index in [4.69, 9.17) is 22.1 Å². The second-order valence-corrected chi connectivity index (χ2v) is 12.6. The predicted molar refractivity (Wildman–Crippen MR) is 162 cm³/mol. The van der Waals surface area contributed by atoms with Gasteiger partial charge < -0.3 is 25.8 Å². The molecule has 0 saturated carbocycles. The number of piperidine rings is 1. The molecule has 4 N–H and O–H groups in total. The number of likely N-dealkylation sites (tertiary alicyclic amines) is 1. The van der Waals surface area contributed by atoms with Crippen LogP contribution < -0.4 is 11.1 Å². The van der Waals surface area contributed by atoms with Crippen LogP contribution >= 0.6 is 11.6 Å². The van der Waals surface area contributed by atoms with Crippen LogP contribution in [0.4, 0.5) is 0 Å². The van der Waals surface area contributed by atoms with E-state index in [0.29, 0.717) is 37.3 Å². The van der Waals surface area contributed by atoms with Gasteiger partial charge in [0, 0.05) is 18.1 Å². The summed E-state index contributed by atoms with van der Waals surface area (Å²) in [4.78, 5) is 55.8. The molecule has 4 rings (SSSR count). The van der Waals surface area contributed by atoms with E-state index >= 15 is 0 Å². The highest BCUT2D eigenvalue weighted by atomic mass is 35.5. The Balaban J connectivity index is 1.62. The number of halogens is 1. The standard InChI is InChI=1S/C32H41ClN4O6/c1-21(34)29(41)37-26(19-43-31(37,2)3)28(40)35-32(18-23-10-12-25(33)13-11-23)14-7-15-36(20-32)30(42)24(17-27(38)39)16-22-8-5-4-6-9-22/h4-6,8-13,21,24,26H,7,14-20,34H2,1-3H3,(H,35,40)(H,38,39)/t21?,24?,26-,32+/m0/s1. The molecule has 11 heteroatoms. The minimum absolute atomic E-state index is 0.00866. The first-order chi connectivity index (χ1) is 20.3. The number of amides is 3. The maximum absolute atomic E-state index is 14.0.